The monoisotopic (exact) mass is 352 g/mol. The second-order valence-electron chi connectivity index (χ2n) is 6.57. The van der Waals surface area contributed by atoms with Crippen LogP contribution in [0.15, 0.2) is 29.2 Å². The summed E-state index contributed by atoms with van der Waals surface area (Å²) in [5, 5.41) is 0. The number of nitrogens with zero attached hydrogens (tertiary/aromatic N) is 1. The maximum Gasteiger partial charge on any atom is 0.262 e. The molecule has 1 aromatic rings. The van der Waals surface area contributed by atoms with E-state index < -0.39 is 10.0 Å². The number of likely N-dealkylation sites (tertiary alicyclic amines) is 1. The number of rotatable bonds is 5. The summed E-state index contributed by atoms with van der Waals surface area (Å²) >= 11 is 0. The summed E-state index contributed by atoms with van der Waals surface area (Å²) in [5.74, 6) is 0.634. The SMILES string of the molecule is CONS(=O)(=O)c1ccc(C(=O)N2CCCC2C2CCCC2)cc1. The molecule has 1 aliphatic carbocycles. The van der Waals surface area contributed by atoms with E-state index in [1.54, 1.807) is 12.1 Å². The van der Waals surface area contributed by atoms with Gasteiger partial charge >= 0.3 is 0 Å². The molecule has 1 amide bonds. The van der Waals surface area contributed by atoms with Crippen molar-refractivity contribution in [1.29, 1.82) is 0 Å². The molecule has 1 aliphatic heterocycles. The minimum Gasteiger partial charge on any atom is -0.335 e. The Balaban J connectivity index is 1.75. The van der Waals surface area contributed by atoms with E-state index in [1.165, 1.54) is 44.9 Å². The zero-order valence-electron chi connectivity index (χ0n) is 13.9. The molecule has 6 nitrogen and oxygen atoms in total. The van der Waals surface area contributed by atoms with E-state index in [1.807, 2.05) is 9.79 Å². The molecular weight excluding hydrogens is 328 g/mol. The second-order valence-corrected chi connectivity index (χ2v) is 8.21. The van der Waals surface area contributed by atoms with E-state index in [9.17, 15) is 13.2 Å². The van der Waals surface area contributed by atoms with E-state index >= 15 is 0 Å². The maximum atomic E-state index is 12.8. The van der Waals surface area contributed by atoms with Crippen LogP contribution in [0, 0.1) is 5.92 Å². The van der Waals surface area contributed by atoms with Crippen molar-refractivity contribution in [2.45, 2.75) is 49.5 Å². The largest absolute Gasteiger partial charge is 0.335 e. The summed E-state index contributed by atoms with van der Waals surface area (Å²) in [6, 6.07) is 6.39. The van der Waals surface area contributed by atoms with Crippen LogP contribution in [0.5, 0.6) is 0 Å². The van der Waals surface area contributed by atoms with Crippen molar-refractivity contribution < 1.29 is 18.0 Å². The number of hydrogen-bond donors (Lipinski definition) is 1. The third-order valence-corrected chi connectivity index (χ3v) is 6.39. The molecule has 0 spiro atoms. The molecule has 0 aromatic heterocycles. The molecule has 3 rings (SSSR count). The van der Waals surface area contributed by atoms with Crippen LogP contribution >= 0.6 is 0 Å². The molecule has 1 saturated heterocycles. The Morgan fingerprint density at radius 3 is 2.42 bits per heavy atom. The quantitative estimate of drug-likeness (QED) is 0.825. The van der Waals surface area contributed by atoms with Crippen molar-refractivity contribution in [3.63, 3.8) is 0 Å². The van der Waals surface area contributed by atoms with Gasteiger partial charge in [-0.05, 0) is 55.9 Å². The molecule has 1 unspecified atom stereocenters. The lowest BCUT2D eigenvalue weighted by atomic mass is 9.95. The standard InChI is InChI=1S/C17H24N2O4S/c1-23-18-24(21,22)15-10-8-14(9-11-15)17(20)19-12-4-7-16(19)13-5-2-3-6-13/h8-11,13,16,18H,2-7,12H2,1H3. The van der Waals surface area contributed by atoms with Crippen LogP contribution in [-0.4, -0.2) is 38.9 Å². The summed E-state index contributed by atoms with van der Waals surface area (Å²) in [5.41, 5.74) is 0.538. The Labute approximate surface area is 143 Å². The molecule has 1 heterocycles. The minimum atomic E-state index is -3.69. The topological polar surface area (TPSA) is 75.7 Å². The van der Waals surface area contributed by atoms with E-state index in [-0.39, 0.29) is 10.8 Å². The zero-order chi connectivity index (χ0) is 17.2. The Kier molecular flexibility index (Phi) is 5.22. The molecule has 132 valence electrons. The second kappa shape index (κ2) is 7.21. The van der Waals surface area contributed by atoms with Gasteiger partial charge in [-0.15, -0.1) is 0 Å². The lowest BCUT2D eigenvalue weighted by Gasteiger charge is -2.29. The van der Waals surface area contributed by atoms with Crippen LogP contribution in [-0.2, 0) is 14.9 Å². The summed E-state index contributed by atoms with van der Waals surface area (Å²) in [6.07, 6.45) is 7.10. The summed E-state index contributed by atoms with van der Waals surface area (Å²) in [4.78, 5) is 21.3. The van der Waals surface area contributed by atoms with Gasteiger partial charge in [-0.2, -0.15) is 0 Å². The molecule has 1 aromatic carbocycles. The van der Waals surface area contributed by atoms with Gasteiger partial charge in [0.25, 0.3) is 15.9 Å². The van der Waals surface area contributed by atoms with Crippen molar-refractivity contribution in [3.8, 4) is 0 Å². The predicted molar refractivity (Wildman–Crippen MR) is 89.8 cm³/mol. The molecule has 1 atom stereocenters. The molecule has 7 heteroatoms. The Bertz CT molecular complexity index is 681. The molecule has 2 fully saturated rings. The maximum absolute atomic E-state index is 12.8. The number of sulfonamides is 1. The van der Waals surface area contributed by atoms with Crippen molar-refractivity contribution in [1.82, 2.24) is 9.79 Å². The molecular formula is C17H24N2O4S. The average Bonchev–Trinajstić information content (AvgIpc) is 3.25. The molecule has 0 radical (unpaired) electrons. The molecule has 1 saturated carbocycles. The fourth-order valence-corrected chi connectivity index (χ4v) is 4.79. The molecule has 24 heavy (non-hydrogen) atoms. The lowest BCUT2D eigenvalue weighted by molar-refractivity contribution is 0.0689. The highest BCUT2D eigenvalue weighted by Crippen LogP contribution is 2.36. The van der Waals surface area contributed by atoms with Crippen molar-refractivity contribution in [3.05, 3.63) is 29.8 Å². The van der Waals surface area contributed by atoms with E-state index in [2.05, 4.69) is 4.84 Å². The van der Waals surface area contributed by atoms with Crippen LogP contribution in [0.2, 0.25) is 0 Å². The van der Waals surface area contributed by atoms with Crippen LogP contribution in [0.1, 0.15) is 48.9 Å². The Hall–Kier alpha value is -1.44. The molecule has 1 N–H and O–H groups in total. The van der Waals surface area contributed by atoms with Crippen LogP contribution in [0.4, 0.5) is 0 Å². The smallest absolute Gasteiger partial charge is 0.262 e. The first kappa shape index (κ1) is 17.4. The Morgan fingerprint density at radius 2 is 1.79 bits per heavy atom. The summed E-state index contributed by atoms with van der Waals surface area (Å²) < 4.78 is 23.7. The van der Waals surface area contributed by atoms with Gasteiger partial charge in [0.05, 0.1) is 12.0 Å². The van der Waals surface area contributed by atoms with Crippen molar-refractivity contribution >= 4 is 15.9 Å². The lowest BCUT2D eigenvalue weighted by Crippen LogP contribution is -2.39. The van der Waals surface area contributed by atoms with Gasteiger partial charge < -0.3 is 4.90 Å². The zero-order valence-corrected chi connectivity index (χ0v) is 14.7. The van der Waals surface area contributed by atoms with Gasteiger partial charge in [0, 0.05) is 18.2 Å². The van der Waals surface area contributed by atoms with E-state index in [0.29, 0.717) is 17.5 Å². The van der Waals surface area contributed by atoms with Crippen LogP contribution < -0.4 is 4.89 Å². The van der Waals surface area contributed by atoms with Gasteiger partial charge in [0.15, 0.2) is 0 Å². The van der Waals surface area contributed by atoms with Crippen molar-refractivity contribution in [2.24, 2.45) is 5.92 Å². The fraction of sp³-hybridized carbons (Fsp3) is 0.588. The average molecular weight is 352 g/mol. The number of benzene rings is 1. The van der Waals surface area contributed by atoms with Gasteiger partial charge in [-0.25, -0.2) is 8.42 Å². The predicted octanol–water partition coefficient (Wildman–Crippen LogP) is 2.32. The highest BCUT2D eigenvalue weighted by atomic mass is 32.2. The normalized spacial score (nSPS) is 22.2. The van der Waals surface area contributed by atoms with Gasteiger partial charge in [-0.3, -0.25) is 9.63 Å². The number of carbonyl (C=O) groups excluding carboxylic acids is 1. The number of hydrogen-bond acceptors (Lipinski definition) is 4. The van der Waals surface area contributed by atoms with Gasteiger partial charge in [-0.1, -0.05) is 17.7 Å². The van der Waals surface area contributed by atoms with E-state index in [0.717, 1.165) is 19.4 Å². The Morgan fingerprint density at radius 1 is 1.12 bits per heavy atom. The fourth-order valence-electron chi connectivity index (χ4n) is 3.98. The van der Waals surface area contributed by atoms with E-state index in [4.69, 9.17) is 0 Å². The number of nitrogens with one attached hydrogen (secondary N) is 1. The number of amides is 1. The summed E-state index contributed by atoms with van der Waals surface area (Å²) in [7, 11) is -2.45. The van der Waals surface area contributed by atoms with Crippen molar-refractivity contribution in [2.75, 3.05) is 13.7 Å². The third kappa shape index (κ3) is 3.48. The third-order valence-electron chi connectivity index (χ3n) is 5.11. The molecule has 0 bridgehead atoms. The first-order valence-electron chi connectivity index (χ1n) is 8.49. The highest BCUT2D eigenvalue weighted by molar-refractivity contribution is 7.89. The van der Waals surface area contributed by atoms with Gasteiger partial charge in [0.1, 0.15) is 0 Å². The highest BCUT2D eigenvalue weighted by Gasteiger charge is 2.36. The van der Waals surface area contributed by atoms with Gasteiger partial charge in [0.2, 0.25) is 0 Å². The first-order chi connectivity index (χ1) is 11.5. The van der Waals surface area contributed by atoms with Crippen LogP contribution in [0.3, 0.4) is 0 Å². The first-order valence-corrected chi connectivity index (χ1v) is 9.97. The van der Waals surface area contributed by atoms with Crippen LogP contribution in [0.25, 0.3) is 0 Å². The summed E-state index contributed by atoms with van der Waals surface area (Å²) in [6.45, 7) is 0.797. The minimum absolute atomic E-state index is 0.00745. The molecule has 2 aliphatic rings. The number of carbonyl (C=O) groups is 1.